The van der Waals surface area contributed by atoms with Crippen LogP contribution in [0.3, 0.4) is 0 Å². The molecule has 35 heavy (non-hydrogen) atoms. The average molecular weight is 484 g/mol. The summed E-state index contributed by atoms with van der Waals surface area (Å²) in [6.07, 6.45) is -4.72. The number of rotatable bonds is 7. The number of nitrogens with zero attached hydrogens (tertiary/aromatic N) is 3. The van der Waals surface area contributed by atoms with E-state index in [9.17, 15) is 18.0 Å². The van der Waals surface area contributed by atoms with E-state index in [1.165, 1.54) is 18.8 Å². The fourth-order valence-corrected chi connectivity index (χ4v) is 3.80. The molecule has 4 aromatic rings. The van der Waals surface area contributed by atoms with Crippen molar-refractivity contribution in [2.75, 3.05) is 13.7 Å². The Morgan fingerprint density at radius 1 is 1.11 bits per heavy atom. The Kier molecular flexibility index (Phi) is 6.63. The van der Waals surface area contributed by atoms with Crippen molar-refractivity contribution in [1.29, 1.82) is 0 Å². The van der Waals surface area contributed by atoms with Crippen LogP contribution in [0, 0.1) is 0 Å². The lowest BCUT2D eigenvalue weighted by Gasteiger charge is -2.15. The summed E-state index contributed by atoms with van der Waals surface area (Å²) < 4.78 is 54.3. The highest BCUT2D eigenvalue weighted by atomic mass is 19.4. The molecule has 0 spiro atoms. The van der Waals surface area contributed by atoms with Gasteiger partial charge in [0.2, 0.25) is 5.88 Å². The molecule has 0 unspecified atom stereocenters. The highest BCUT2D eigenvalue weighted by molar-refractivity contribution is 5.96. The van der Waals surface area contributed by atoms with Crippen LogP contribution in [0.15, 0.2) is 60.7 Å². The molecule has 0 aliphatic rings. The van der Waals surface area contributed by atoms with Gasteiger partial charge in [0.25, 0.3) is 5.91 Å². The standard InChI is InChI=1S/C25H23F3N4O3/c1-15(16-9-5-4-6-10-16)29-20(33)14-35-21-13-18(25(26,27)28)22-23(31-32(2)24(22)30-21)17-11-7-8-12-19(17)34-3/h4-13,15H,14H2,1-3H3,(H,29,33)/t15-/m0/s1. The molecule has 0 saturated carbocycles. The summed E-state index contributed by atoms with van der Waals surface area (Å²) >= 11 is 0. The highest BCUT2D eigenvalue weighted by Crippen LogP contribution is 2.42. The van der Waals surface area contributed by atoms with E-state index >= 15 is 0 Å². The lowest BCUT2D eigenvalue weighted by atomic mass is 10.0. The molecule has 2 heterocycles. The van der Waals surface area contributed by atoms with Crippen LogP contribution in [0.5, 0.6) is 11.6 Å². The van der Waals surface area contributed by atoms with Crippen LogP contribution in [0.25, 0.3) is 22.3 Å². The maximum atomic E-state index is 14.1. The van der Waals surface area contributed by atoms with Gasteiger partial charge in [0.15, 0.2) is 12.3 Å². The zero-order chi connectivity index (χ0) is 25.2. The molecule has 1 amide bonds. The Hall–Kier alpha value is -4.08. The summed E-state index contributed by atoms with van der Waals surface area (Å²) in [4.78, 5) is 16.6. The molecular formula is C25H23F3N4O3. The van der Waals surface area contributed by atoms with Gasteiger partial charge in [-0.15, -0.1) is 0 Å². The smallest absolute Gasteiger partial charge is 0.417 e. The molecule has 0 bridgehead atoms. The van der Waals surface area contributed by atoms with E-state index in [4.69, 9.17) is 9.47 Å². The number of pyridine rings is 1. The first-order valence-corrected chi connectivity index (χ1v) is 10.7. The minimum Gasteiger partial charge on any atom is -0.496 e. The predicted octanol–water partition coefficient (Wildman–Crippen LogP) is 4.92. The van der Waals surface area contributed by atoms with Crippen LogP contribution in [-0.2, 0) is 18.0 Å². The maximum Gasteiger partial charge on any atom is 0.417 e. The number of hydrogen-bond donors (Lipinski definition) is 1. The number of halogens is 3. The fourth-order valence-electron chi connectivity index (χ4n) is 3.80. The van der Waals surface area contributed by atoms with Crippen molar-refractivity contribution in [3.63, 3.8) is 0 Å². The minimum atomic E-state index is -4.72. The number of ether oxygens (including phenoxy) is 2. The van der Waals surface area contributed by atoms with Crippen LogP contribution < -0.4 is 14.8 Å². The summed E-state index contributed by atoms with van der Waals surface area (Å²) in [5.74, 6) is -0.441. The van der Waals surface area contributed by atoms with Crippen molar-refractivity contribution in [3.8, 4) is 22.9 Å². The zero-order valence-electron chi connectivity index (χ0n) is 19.3. The molecule has 1 atom stereocenters. The molecule has 0 fully saturated rings. The molecule has 0 radical (unpaired) electrons. The highest BCUT2D eigenvalue weighted by Gasteiger charge is 2.37. The number of carbonyl (C=O) groups is 1. The lowest BCUT2D eigenvalue weighted by molar-refractivity contribution is -0.136. The van der Waals surface area contributed by atoms with Gasteiger partial charge in [-0.25, -0.2) is 4.68 Å². The van der Waals surface area contributed by atoms with Gasteiger partial charge in [-0.3, -0.25) is 4.79 Å². The number of para-hydroxylation sites is 1. The largest absolute Gasteiger partial charge is 0.496 e. The third-order valence-corrected chi connectivity index (χ3v) is 5.47. The second-order valence-electron chi connectivity index (χ2n) is 7.87. The van der Waals surface area contributed by atoms with Crippen LogP contribution in [-0.4, -0.2) is 34.4 Å². The van der Waals surface area contributed by atoms with Gasteiger partial charge in [-0.2, -0.15) is 23.3 Å². The molecule has 182 valence electrons. The monoisotopic (exact) mass is 484 g/mol. The number of benzene rings is 2. The summed E-state index contributed by atoms with van der Waals surface area (Å²) in [5.41, 5.74) is 0.369. The Labute approximate surface area is 199 Å². The van der Waals surface area contributed by atoms with Gasteiger partial charge in [-0.05, 0) is 24.6 Å². The number of methoxy groups -OCH3 is 1. The molecule has 1 N–H and O–H groups in total. The summed E-state index contributed by atoms with van der Waals surface area (Å²) in [5, 5.41) is 6.86. The SMILES string of the molecule is COc1ccccc1-c1nn(C)c2nc(OCC(=O)N[C@@H](C)c3ccccc3)cc(C(F)(F)F)c12. The zero-order valence-corrected chi connectivity index (χ0v) is 19.3. The molecule has 0 aliphatic carbocycles. The first-order valence-electron chi connectivity index (χ1n) is 10.7. The summed E-state index contributed by atoms with van der Waals surface area (Å²) in [7, 11) is 2.93. The van der Waals surface area contributed by atoms with Gasteiger partial charge in [0.05, 0.1) is 24.1 Å². The number of alkyl halides is 3. The van der Waals surface area contributed by atoms with E-state index in [1.807, 2.05) is 30.3 Å². The quantitative estimate of drug-likeness (QED) is 0.403. The Morgan fingerprint density at radius 3 is 2.49 bits per heavy atom. The molecule has 4 rings (SSSR count). The molecular weight excluding hydrogens is 461 g/mol. The first-order chi connectivity index (χ1) is 16.7. The van der Waals surface area contributed by atoms with E-state index in [0.29, 0.717) is 11.3 Å². The van der Waals surface area contributed by atoms with E-state index < -0.39 is 24.3 Å². The minimum absolute atomic E-state index is 0.0335. The second-order valence-corrected chi connectivity index (χ2v) is 7.87. The van der Waals surface area contributed by atoms with Gasteiger partial charge in [0, 0.05) is 18.7 Å². The van der Waals surface area contributed by atoms with Gasteiger partial charge in [0.1, 0.15) is 11.4 Å². The number of amides is 1. The number of fused-ring (bicyclic) bond motifs is 1. The normalized spacial score (nSPS) is 12.4. The van der Waals surface area contributed by atoms with Crippen molar-refractivity contribution in [2.45, 2.75) is 19.1 Å². The van der Waals surface area contributed by atoms with Crippen LogP contribution in [0.1, 0.15) is 24.1 Å². The Balaban J connectivity index is 1.66. The maximum absolute atomic E-state index is 14.1. The molecule has 0 aliphatic heterocycles. The molecule has 2 aromatic carbocycles. The number of nitrogens with one attached hydrogen (secondary N) is 1. The van der Waals surface area contributed by atoms with Gasteiger partial charge >= 0.3 is 6.18 Å². The van der Waals surface area contributed by atoms with Crippen molar-refractivity contribution in [1.82, 2.24) is 20.1 Å². The summed E-state index contributed by atoms with van der Waals surface area (Å²) in [6.45, 7) is 1.30. The topological polar surface area (TPSA) is 78.3 Å². The van der Waals surface area contributed by atoms with Crippen LogP contribution >= 0.6 is 0 Å². The first kappa shape index (κ1) is 24.1. The van der Waals surface area contributed by atoms with Crippen molar-refractivity contribution < 1.29 is 27.4 Å². The van der Waals surface area contributed by atoms with Crippen LogP contribution in [0.2, 0.25) is 0 Å². The van der Waals surface area contributed by atoms with E-state index in [-0.39, 0.29) is 28.6 Å². The van der Waals surface area contributed by atoms with E-state index in [0.717, 1.165) is 11.6 Å². The number of aromatic nitrogens is 3. The summed E-state index contributed by atoms with van der Waals surface area (Å²) in [6, 6.07) is 16.4. The number of hydrogen-bond acceptors (Lipinski definition) is 5. The third kappa shape index (κ3) is 5.06. The predicted molar refractivity (Wildman–Crippen MR) is 124 cm³/mol. The lowest BCUT2D eigenvalue weighted by Crippen LogP contribution is -2.31. The van der Waals surface area contributed by atoms with Crippen LogP contribution in [0.4, 0.5) is 13.2 Å². The number of aryl methyl sites for hydroxylation is 1. The van der Waals surface area contributed by atoms with Crippen molar-refractivity contribution in [2.24, 2.45) is 7.05 Å². The Bertz CT molecular complexity index is 1350. The van der Waals surface area contributed by atoms with Gasteiger partial charge in [-0.1, -0.05) is 42.5 Å². The molecule has 7 nitrogen and oxygen atoms in total. The van der Waals surface area contributed by atoms with Crippen molar-refractivity contribution in [3.05, 3.63) is 71.8 Å². The van der Waals surface area contributed by atoms with Gasteiger partial charge < -0.3 is 14.8 Å². The third-order valence-electron chi connectivity index (χ3n) is 5.47. The molecule has 2 aromatic heterocycles. The molecule has 10 heteroatoms. The average Bonchev–Trinajstić information content (AvgIpc) is 3.18. The van der Waals surface area contributed by atoms with E-state index in [1.54, 1.807) is 31.2 Å². The Morgan fingerprint density at radius 2 is 1.80 bits per heavy atom. The van der Waals surface area contributed by atoms with E-state index in [2.05, 4.69) is 15.4 Å². The second kappa shape index (κ2) is 9.65. The number of carbonyl (C=O) groups excluding carboxylic acids is 1. The molecule has 0 saturated heterocycles. The van der Waals surface area contributed by atoms with Crippen molar-refractivity contribution >= 4 is 16.9 Å². The fraction of sp³-hybridized carbons (Fsp3) is 0.240.